The second kappa shape index (κ2) is 9.15. The first kappa shape index (κ1) is 22.3. The molecule has 3 rings (SSSR count). The normalized spacial score (nSPS) is 19.4. The Kier molecular flexibility index (Phi) is 6.79. The van der Waals surface area contributed by atoms with Crippen LogP contribution in [-0.4, -0.2) is 38.0 Å². The van der Waals surface area contributed by atoms with Crippen LogP contribution < -0.4 is 14.9 Å². The molecule has 9 nitrogen and oxygen atoms in total. The van der Waals surface area contributed by atoms with Gasteiger partial charge in [-0.05, 0) is 44.7 Å². The summed E-state index contributed by atoms with van der Waals surface area (Å²) in [6.45, 7) is 2.11. The van der Waals surface area contributed by atoms with E-state index in [1.54, 1.807) is 13.0 Å². The van der Waals surface area contributed by atoms with Crippen molar-refractivity contribution in [2.75, 3.05) is 11.0 Å². The molecule has 162 valence electrons. The largest absolute Gasteiger partial charge is 0.466 e. The number of guanidine groups is 1. The molecule has 0 unspecified atom stereocenters. The fourth-order valence-corrected chi connectivity index (χ4v) is 5.06. The smallest absolute Gasteiger partial charge is 0.308 e. The van der Waals surface area contributed by atoms with E-state index in [1.807, 2.05) is 0 Å². The minimum absolute atomic E-state index is 0.102. The minimum Gasteiger partial charge on any atom is -0.466 e. The monoisotopic (exact) mass is 453 g/mol. The van der Waals surface area contributed by atoms with Gasteiger partial charge in [0.2, 0.25) is 16.0 Å². The van der Waals surface area contributed by atoms with E-state index < -0.39 is 10.0 Å². The van der Waals surface area contributed by atoms with Crippen LogP contribution >= 0.6 is 11.8 Å². The molecular formula is C19H24ClN5O4S. The van der Waals surface area contributed by atoms with Crippen molar-refractivity contribution in [3.8, 4) is 0 Å². The lowest BCUT2D eigenvalue weighted by Gasteiger charge is -2.27. The van der Waals surface area contributed by atoms with Crippen LogP contribution in [0.5, 0.6) is 0 Å². The van der Waals surface area contributed by atoms with Crippen LogP contribution in [0.25, 0.3) is 10.8 Å². The average Bonchev–Trinajstić information content (AvgIpc) is 2.72. The zero-order valence-corrected chi connectivity index (χ0v) is 18.0. The lowest BCUT2D eigenvalue weighted by molar-refractivity contribution is -0.149. The predicted molar refractivity (Wildman–Crippen MR) is 115 cm³/mol. The number of halogens is 1. The van der Waals surface area contributed by atoms with Gasteiger partial charge in [0.15, 0.2) is 0 Å². The molecule has 0 aliphatic heterocycles. The summed E-state index contributed by atoms with van der Waals surface area (Å²) in [5.74, 6) is -0.756. The molecule has 0 atom stereocenters. The Morgan fingerprint density at radius 3 is 2.67 bits per heavy atom. The second-order valence-electron chi connectivity index (χ2n) is 7.13. The molecule has 4 N–H and O–H groups in total. The fourth-order valence-electron chi connectivity index (χ4n) is 3.59. The van der Waals surface area contributed by atoms with Crippen molar-refractivity contribution in [3.05, 3.63) is 30.6 Å². The molecule has 0 amide bonds. The summed E-state index contributed by atoms with van der Waals surface area (Å²) < 4.78 is 34.5. The SMILES string of the molecule is CCOC(=O)[C@H]1CC[C@H](NS(=O)(=O)c2ccc3c(N(Cl)C(=N)N)cncc3c2)CC1. The van der Waals surface area contributed by atoms with Gasteiger partial charge in [0, 0.05) is 34.8 Å². The van der Waals surface area contributed by atoms with Crippen LogP contribution in [-0.2, 0) is 19.6 Å². The van der Waals surface area contributed by atoms with E-state index in [9.17, 15) is 13.2 Å². The highest BCUT2D eigenvalue weighted by Gasteiger charge is 2.30. The van der Waals surface area contributed by atoms with E-state index in [1.165, 1.54) is 24.5 Å². The molecular weight excluding hydrogens is 430 g/mol. The van der Waals surface area contributed by atoms with Crippen LogP contribution in [0.3, 0.4) is 0 Å². The molecule has 1 saturated carbocycles. The van der Waals surface area contributed by atoms with Crippen molar-refractivity contribution in [1.29, 1.82) is 5.41 Å². The number of anilines is 1. The number of sulfonamides is 1. The number of esters is 1. The lowest BCUT2D eigenvalue weighted by atomic mass is 9.86. The van der Waals surface area contributed by atoms with Gasteiger partial charge in [-0.15, -0.1) is 0 Å². The summed E-state index contributed by atoms with van der Waals surface area (Å²) in [5.41, 5.74) is 5.81. The summed E-state index contributed by atoms with van der Waals surface area (Å²) in [6.07, 6.45) is 5.29. The molecule has 0 bridgehead atoms. The number of fused-ring (bicyclic) bond motifs is 1. The topological polar surface area (TPSA) is 138 Å². The predicted octanol–water partition coefficient (Wildman–Crippen LogP) is 2.49. The van der Waals surface area contributed by atoms with Crippen molar-refractivity contribution in [3.63, 3.8) is 0 Å². The van der Waals surface area contributed by atoms with E-state index >= 15 is 0 Å². The van der Waals surface area contributed by atoms with Crippen molar-refractivity contribution < 1.29 is 17.9 Å². The maximum atomic E-state index is 12.9. The number of benzene rings is 1. The number of aromatic nitrogens is 1. The quantitative estimate of drug-likeness (QED) is 0.264. The van der Waals surface area contributed by atoms with Gasteiger partial charge >= 0.3 is 5.97 Å². The van der Waals surface area contributed by atoms with Gasteiger partial charge in [0.05, 0.1) is 29.3 Å². The molecule has 0 radical (unpaired) electrons. The third-order valence-corrected chi connectivity index (χ3v) is 6.99. The molecule has 0 saturated heterocycles. The zero-order chi connectivity index (χ0) is 21.9. The number of pyridine rings is 1. The molecule has 1 fully saturated rings. The number of ether oxygens (including phenoxy) is 1. The van der Waals surface area contributed by atoms with Crippen LogP contribution in [0.4, 0.5) is 5.69 Å². The Hall–Kier alpha value is -2.43. The zero-order valence-electron chi connectivity index (χ0n) is 16.5. The highest BCUT2D eigenvalue weighted by molar-refractivity contribution is 7.89. The van der Waals surface area contributed by atoms with Crippen LogP contribution in [0.15, 0.2) is 35.5 Å². The Balaban J connectivity index is 1.75. The molecule has 1 aliphatic rings. The fraction of sp³-hybridized carbons (Fsp3) is 0.421. The summed E-state index contributed by atoms with van der Waals surface area (Å²) in [5, 5.41) is 8.64. The number of carbonyl (C=O) groups is 1. The molecule has 1 heterocycles. The molecule has 1 aromatic heterocycles. The number of hydrogen-bond acceptors (Lipinski definition) is 6. The number of nitrogens with zero attached hydrogens (tertiary/aromatic N) is 2. The van der Waals surface area contributed by atoms with Crippen molar-refractivity contribution in [1.82, 2.24) is 9.71 Å². The number of rotatable bonds is 6. The summed E-state index contributed by atoms with van der Waals surface area (Å²) >= 11 is 6.01. The van der Waals surface area contributed by atoms with Crippen molar-refractivity contribution >= 4 is 50.2 Å². The van der Waals surface area contributed by atoms with E-state index in [0.29, 0.717) is 48.8 Å². The van der Waals surface area contributed by atoms with E-state index in [2.05, 4.69) is 9.71 Å². The van der Waals surface area contributed by atoms with Crippen LogP contribution in [0, 0.1) is 11.3 Å². The van der Waals surface area contributed by atoms with E-state index in [-0.39, 0.29) is 28.8 Å². The first-order valence-electron chi connectivity index (χ1n) is 9.59. The van der Waals surface area contributed by atoms with Gasteiger partial charge < -0.3 is 10.5 Å². The number of nitrogens with one attached hydrogen (secondary N) is 2. The van der Waals surface area contributed by atoms with E-state index in [0.717, 1.165) is 4.42 Å². The first-order valence-corrected chi connectivity index (χ1v) is 11.4. The number of carbonyl (C=O) groups excluding carboxylic acids is 1. The highest BCUT2D eigenvalue weighted by atomic mass is 35.5. The third kappa shape index (κ3) is 4.82. The standard InChI is InChI=1S/C19H24ClN5O4S/c1-2-29-18(26)12-3-5-14(6-4-12)24-30(27,28)15-7-8-16-13(9-15)10-23-11-17(16)25(20)19(21)22/h7-12,14,24H,2-6H2,1H3,(H3,21,22)/t12-,14-. The highest BCUT2D eigenvalue weighted by Crippen LogP contribution is 2.30. The third-order valence-electron chi connectivity index (χ3n) is 5.11. The van der Waals surface area contributed by atoms with Crippen molar-refractivity contribution in [2.45, 2.75) is 43.5 Å². The summed E-state index contributed by atoms with van der Waals surface area (Å²) in [4.78, 5) is 16.0. The summed E-state index contributed by atoms with van der Waals surface area (Å²) in [7, 11) is -3.76. The first-order chi connectivity index (χ1) is 14.2. The number of nitrogens with two attached hydrogens (primary N) is 1. The Labute approximate surface area is 180 Å². The second-order valence-corrected chi connectivity index (χ2v) is 9.18. The van der Waals surface area contributed by atoms with E-state index in [4.69, 9.17) is 27.7 Å². The Bertz CT molecular complexity index is 1050. The Morgan fingerprint density at radius 1 is 1.33 bits per heavy atom. The maximum Gasteiger partial charge on any atom is 0.308 e. The van der Waals surface area contributed by atoms with Gasteiger partial charge in [-0.3, -0.25) is 15.2 Å². The lowest BCUT2D eigenvalue weighted by Crippen LogP contribution is -2.39. The number of hydrogen-bond donors (Lipinski definition) is 3. The Morgan fingerprint density at radius 2 is 2.03 bits per heavy atom. The summed E-state index contributed by atoms with van der Waals surface area (Å²) in [6, 6.07) is 4.35. The van der Waals surface area contributed by atoms with Crippen LogP contribution in [0.1, 0.15) is 32.6 Å². The molecule has 2 aromatic rings. The van der Waals surface area contributed by atoms with Gasteiger partial charge in [0.1, 0.15) is 0 Å². The van der Waals surface area contributed by atoms with Gasteiger partial charge in [-0.1, -0.05) is 6.07 Å². The minimum atomic E-state index is -3.76. The molecule has 0 spiro atoms. The van der Waals surface area contributed by atoms with Crippen molar-refractivity contribution in [2.24, 2.45) is 11.7 Å². The average molecular weight is 454 g/mol. The molecule has 1 aromatic carbocycles. The molecule has 1 aliphatic carbocycles. The van der Waals surface area contributed by atoms with Gasteiger partial charge in [-0.25, -0.2) is 17.6 Å². The molecule has 11 heteroatoms. The van der Waals surface area contributed by atoms with Gasteiger partial charge in [0.25, 0.3) is 0 Å². The van der Waals surface area contributed by atoms with Crippen LogP contribution in [0.2, 0.25) is 0 Å². The van der Waals surface area contributed by atoms with Gasteiger partial charge in [-0.2, -0.15) is 0 Å². The maximum absolute atomic E-state index is 12.9. The molecule has 30 heavy (non-hydrogen) atoms.